The molecule has 1 aromatic rings. The maximum Gasteiger partial charge on any atom is 0.243 e. The average Bonchev–Trinajstić information content (AvgIpc) is 3.10. The Bertz CT molecular complexity index is 459. The fraction of sp³-hybridized carbons (Fsp3) is 0.769. The van der Waals surface area contributed by atoms with E-state index in [1.54, 1.807) is 5.51 Å². The smallest absolute Gasteiger partial charge is 0.243 e. The normalized spacial score (nSPS) is 23.9. The van der Waals surface area contributed by atoms with Crippen molar-refractivity contribution in [3.63, 3.8) is 0 Å². The lowest BCUT2D eigenvalue weighted by atomic mass is 9.98. The summed E-state index contributed by atoms with van der Waals surface area (Å²) in [4.78, 5) is 14.5. The predicted molar refractivity (Wildman–Crippen MR) is 76.7 cm³/mol. The lowest BCUT2D eigenvalue weighted by Gasteiger charge is -2.42. The van der Waals surface area contributed by atoms with Crippen LogP contribution in [-0.2, 0) is 9.53 Å². The molecule has 2 fully saturated rings. The molecule has 1 aliphatic carbocycles. The summed E-state index contributed by atoms with van der Waals surface area (Å²) in [6, 6.07) is -0.166. The third-order valence-corrected chi connectivity index (χ3v) is 4.92. The zero-order valence-electron chi connectivity index (χ0n) is 11.7. The van der Waals surface area contributed by atoms with Crippen molar-refractivity contribution in [2.45, 2.75) is 44.2 Å². The minimum Gasteiger partial charge on any atom is -0.372 e. The van der Waals surface area contributed by atoms with E-state index in [0.717, 1.165) is 32.5 Å². The van der Waals surface area contributed by atoms with Crippen molar-refractivity contribution < 1.29 is 9.53 Å². The molecule has 1 aromatic heterocycles. The molecule has 7 heteroatoms. The van der Waals surface area contributed by atoms with Gasteiger partial charge in [0.15, 0.2) is 0 Å². The standard InChI is InChI=1S/C13H20N4O2S/c1-10(11(18)15-12-16-14-9-20-12)17-6-7-19-13(8-17)4-2-3-5-13/h9-10H,2-8H2,1H3,(H,15,16,18)/t10-/m1/s1. The first-order valence-corrected chi connectivity index (χ1v) is 8.02. The van der Waals surface area contributed by atoms with Crippen LogP contribution in [0.3, 0.4) is 0 Å². The summed E-state index contributed by atoms with van der Waals surface area (Å²) in [5.41, 5.74) is 1.61. The molecule has 1 saturated carbocycles. The van der Waals surface area contributed by atoms with E-state index < -0.39 is 0 Å². The van der Waals surface area contributed by atoms with E-state index in [4.69, 9.17) is 4.74 Å². The molecule has 1 atom stereocenters. The summed E-state index contributed by atoms with van der Waals surface area (Å²) in [7, 11) is 0. The van der Waals surface area contributed by atoms with Crippen molar-refractivity contribution in [1.29, 1.82) is 0 Å². The minimum absolute atomic E-state index is 0.00444. The van der Waals surface area contributed by atoms with Gasteiger partial charge in [0.2, 0.25) is 11.0 Å². The molecule has 6 nitrogen and oxygen atoms in total. The van der Waals surface area contributed by atoms with Gasteiger partial charge >= 0.3 is 0 Å². The highest BCUT2D eigenvalue weighted by atomic mass is 32.1. The predicted octanol–water partition coefficient (Wildman–Crippen LogP) is 1.51. The summed E-state index contributed by atoms with van der Waals surface area (Å²) < 4.78 is 6.00. The second-order valence-corrected chi connectivity index (χ2v) is 6.45. The third-order valence-electron chi connectivity index (χ3n) is 4.31. The SMILES string of the molecule is C[C@H](C(=O)Nc1nncs1)N1CCOC2(CCCC2)C1. The maximum absolute atomic E-state index is 12.3. The highest BCUT2D eigenvalue weighted by Gasteiger charge is 2.41. The number of ether oxygens (including phenoxy) is 1. The molecule has 0 radical (unpaired) electrons. The lowest BCUT2D eigenvalue weighted by molar-refractivity contribution is -0.133. The number of carbonyl (C=O) groups is 1. The van der Waals surface area contributed by atoms with Gasteiger partial charge in [-0.1, -0.05) is 24.2 Å². The second-order valence-electron chi connectivity index (χ2n) is 5.62. The second kappa shape index (κ2) is 5.75. The molecule has 1 amide bonds. The summed E-state index contributed by atoms with van der Waals surface area (Å²) in [5.74, 6) is -0.0169. The van der Waals surface area contributed by atoms with Crippen LogP contribution >= 0.6 is 11.3 Å². The van der Waals surface area contributed by atoms with Crippen molar-refractivity contribution in [2.75, 3.05) is 25.0 Å². The fourth-order valence-corrected chi connectivity index (χ4v) is 3.58. The van der Waals surface area contributed by atoms with Crippen LogP contribution in [-0.4, -0.2) is 52.3 Å². The first kappa shape index (κ1) is 13.9. The van der Waals surface area contributed by atoms with Crippen LogP contribution < -0.4 is 5.32 Å². The van der Waals surface area contributed by atoms with E-state index in [0.29, 0.717) is 5.13 Å². The van der Waals surface area contributed by atoms with Gasteiger partial charge < -0.3 is 4.74 Å². The van der Waals surface area contributed by atoms with Crippen LogP contribution in [0.1, 0.15) is 32.6 Å². The van der Waals surface area contributed by atoms with E-state index in [9.17, 15) is 4.79 Å². The van der Waals surface area contributed by atoms with Crippen molar-refractivity contribution in [3.8, 4) is 0 Å². The number of hydrogen-bond donors (Lipinski definition) is 1. The number of carbonyl (C=O) groups excluding carboxylic acids is 1. The van der Waals surface area contributed by atoms with E-state index in [1.807, 2.05) is 6.92 Å². The number of anilines is 1. The molecule has 2 aliphatic rings. The van der Waals surface area contributed by atoms with E-state index in [2.05, 4.69) is 20.4 Å². The molecule has 1 saturated heterocycles. The van der Waals surface area contributed by atoms with Gasteiger partial charge in [-0.05, 0) is 19.8 Å². The van der Waals surface area contributed by atoms with Crippen molar-refractivity contribution in [2.24, 2.45) is 0 Å². The zero-order valence-corrected chi connectivity index (χ0v) is 12.5. The highest BCUT2D eigenvalue weighted by molar-refractivity contribution is 7.13. The molecule has 2 heterocycles. The number of morpholine rings is 1. The van der Waals surface area contributed by atoms with Gasteiger partial charge in [0, 0.05) is 13.1 Å². The monoisotopic (exact) mass is 296 g/mol. The summed E-state index contributed by atoms with van der Waals surface area (Å²) in [5, 5.41) is 11.0. The number of rotatable bonds is 3. The number of hydrogen-bond acceptors (Lipinski definition) is 6. The van der Waals surface area contributed by atoms with Gasteiger partial charge in [-0.15, -0.1) is 10.2 Å². The molecule has 1 spiro atoms. The number of amides is 1. The summed E-state index contributed by atoms with van der Waals surface area (Å²) >= 11 is 1.34. The molecule has 0 unspecified atom stereocenters. The summed E-state index contributed by atoms with van der Waals surface area (Å²) in [6.07, 6.45) is 4.71. The summed E-state index contributed by atoms with van der Waals surface area (Å²) in [6.45, 7) is 4.34. The molecular formula is C13H20N4O2S. The Morgan fingerprint density at radius 3 is 3.05 bits per heavy atom. The Kier molecular flexibility index (Phi) is 4.00. The zero-order chi connectivity index (χ0) is 14.0. The Morgan fingerprint density at radius 2 is 2.35 bits per heavy atom. The topological polar surface area (TPSA) is 67.4 Å². The third kappa shape index (κ3) is 2.84. The van der Waals surface area contributed by atoms with E-state index in [-0.39, 0.29) is 17.6 Å². The number of aromatic nitrogens is 2. The van der Waals surface area contributed by atoms with Gasteiger partial charge in [0.1, 0.15) is 5.51 Å². The molecular weight excluding hydrogens is 276 g/mol. The average molecular weight is 296 g/mol. The highest BCUT2D eigenvalue weighted by Crippen LogP contribution is 2.36. The van der Waals surface area contributed by atoms with Crippen LogP contribution in [0.25, 0.3) is 0 Å². The van der Waals surface area contributed by atoms with Gasteiger partial charge in [-0.2, -0.15) is 0 Å². The van der Waals surface area contributed by atoms with Crippen LogP contribution in [0.2, 0.25) is 0 Å². The van der Waals surface area contributed by atoms with Crippen LogP contribution in [0.4, 0.5) is 5.13 Å². The number of nitrogens with zero attached hydrogens (tertiary/aromatic N) is 3. The van der Waals surface area contributed by atoms with Crippen molar-refractivity contribution in [3.05, 3.63) is 5.51 Å². The Hall–Kier alpha value is -1.05. The molecule has 1 N–H and O–H groups in total. The Labute approximate surface area is 122 Å². The van der Waals surface area contributed by atoms with Crippen LogP contribution in [0, 0.1) is 0 Å². The lowest BCUT2D eigenvalue weighted by Crippen LogP contribution is -2.55. The minimum atomic E-state index is -0.166. The van der Waals surface area contributed by atoms with Crippen molar-refractivity contribution in [1.82, 2.24) is 15.1 Å². The fourth-order valence-electron chi connectivity index (χ4n) is 3.13. The molecule has 3 rings (SSSR count). The van der Waals surface area contributed by atoms with Gasteiger partial charge in [-0.25, -0.2) is 0 Å². The van der Waals surface area contributed by atoms with Gasteiger partial charge in [0.05, 0.1) is 18.2 Å². The molecule has 0 aromatic carbocycles. The van der Waals surface area contributed by atoms with Crippen LogP contribution in [0.15, 0.2) is 5.51 Å². The molecule has 110 valence electrons. The van der Waals surface area contributed by atoms with E-state index >= 15 is 0 Å². The van der Waals surface area contributed by atoms with Gasteiger partial charge in [0.25, 0.3) is 0 Å². The van der Waals surface area contributed by atoms with Crippen molar-refractivity contribution >= 4 is 22.4 Å². The van der Waals surface area contributed by atoms with Crippen LogP contribution in [0.5, 0.6) is 0 Å². The maximum atomic E-state index is 12.3. The molecule has 1 aliphatic heterocycles. The Balaban J connectivity index is 1.61. The number of nitrogens with one attached hydrogen (secondary N) is 1. The largest absolute Gasteiger partial charge is 0.372 e. The van der Waals surface area contributed by atoms with E-state index in [1.165, 1.54) is 24.2 Å². The molecule has 20 heavy (non-hydrogen) atoms. The Morgan fingerprint density at radius 1 is 1.55 bits per heavy atom. The molecule has 0 bridgehead atoms. The first-order chi connectivity index (χ1) is 9.69. The van der Waals surface area contributed by atoms with Gasteiger partial charge in [-0.3, -0.25) is 15.0 Å². The first-order valence-electron chi connectivity index (χ1n) is 7.14. The quantitative estimate of drug-likeness (QED) is 0.916.